The third kappa shape index (κ3) is 4.58. The molecule has 3 atom stereocenters. The maximum Gasteiger partial charge on any atom is 0.237 e. The maximum absolute atomic E-state index is 11.9. The summed E-state index contributed by atoms with van der Waals surface area (Å²) in [5.74, 6) is 0.430. The van der Waals surface area contributed by atoms with Crippen LogP contribution in [0, 0.1) is 5.92 Å². The molecule has 0 aliphatic heterocycles. The minimum atomic E-state index is -0.178. The van der Waals surface area contributed by atoms with E-state index in [0.717, 1.165) is 45.2 Å². The minimum absolute atomic E-state index is 0.0958. The van der Waals surface area contributed by atoms with Gasteiger partial charge in [0.2, 0.25) is 5.91 Å². The molecule has 0 aromatic heterocycles. The molecule has 0 spiro atoms. The van der Waals surface area contributed by atoms with Gasteiger partial charge < -0.3 is 10.4 Å². The zero-order valence-corrected chi connectivity index (χ0v) is 12.0. The Morgan fingerprint density at radius 3 is 2.78 bits per heavy atom. The molecular weight excluding hydrogens is 228 g/mol. The summed E-state index contributed by atoms with van der Waals surface area (Å²) in [4.78, 5) is 14.0. The second-order valence-corrected chi connectivity index (χ2v) is 5.52. The molecule has 0 radical (unpaired) electrons. The van der Waals surface area contributed by atoms with Crippen molar-refractivity contribution in [3.05, 3.63) is 0 Å². The van der Waals surface area contributed by atoms with Crippen LogP contribution in [0.4, 0.5) is 0 Å². The van der Waals surface area contributed by atoms with Crippen molar-refractivity contribution in [2.75, 3.05) is 20.1 Å². The SMILES string of the molecule is CCCCNC(=O)C(C)N(C)CC1CCCC1O. The Morgan fingerprint density at radius 1 is 1.50 bits per heavy atom. The van der Waals surface area contributed by atoms with E-state index in [1.165, 1.54) is 0 Å². The molecule has 3 unspecified atom stereocenters. The second kappa shape index (κ2) is 7.74. The van der Waals surface area contributed by atoms with Crippen LogP contribution < -0.4 is 5.32 Å². The molecule has 0 bridgehead atoms. The molecule has 0 heterocycles. The molecule has 4 nitrogen and oxygen atoms in total. The Labute approximate surface area is 111 Å². The van der Waals surface area contributed by atoms with Gasteiger partial charge in [-0.05, 0) is 39.2 Å². The molecular formula is C14H28N2O2. The van der Waals surface area contributed by atoms with Gasteiger partial charge in [0, 0.05) is 13.1 Å². The van der Waals surface area contributed by atoms with E-state index in [4.69, 9.17) is 0 Å². The lowest BCUT2D eigenvalue weighted by atomic mass is 10.0. The highest BCUT2D eigenvalue weighted by Crippen LogP contribution is 2.26. The molecule has 106 valence electrons. The Hall–Kier alpha value is -0.610. The number of aliphatic hydroxyl groups excluding tert-OH is 1. The van der Waals surface area contributed by atoms with Gasteiger partial charge in [-0.1, -0.05) is 19.8 Å². The van der Waals surface area contributed by atoms with Crippen molar-refractivity contribution in [3.63, 3.8) is 0 Å². The largest absolute Gasteiger partial charge is 0.393 e. The first-order valence-electron chi connectivity index (χ1n) is 7.22. The normalized spacial score (nSPS) is 25.4. The highest BCUT2D eigenvalue weighted by atomic mass is 16.3. The minimum Gasteiger partial charge on any atom is -0.393 e. The van der Waals surface area contributed by atoms with Gasteiger partial charge in [0.15, 0.2) is 0 Å². The Morgan fingerprint density at radius 2 is 2.22 bits per heavy atom. The number of nitrogens with zero attached hydrogens (tertiary/aromatic N) is 1. The summed E-state index contributed by atoms with van der Waals surface area (Å²) < 4.78 is 0. The molecule has 0 saturated heterocycles. The molecule has 1 rings (SSSR count). The molecule has 0 aromatic rings. The molecule has 0 aromatic carbocycles. The fourth-order valence-electron chi connectivity index (χ4n) is 2.49. The lowest BCUT2D eigenvalue weighted by Crippen LogP contribution is -2.45. The zero-order chi connectivity index (χ0) is 13.5. The van der Waals surface area contributed by atoms with Gasteiger partial charge in [0.05, 0.1) is 12.1 Å². The summed E-state index contributed by atoms with van der Waals surface area (Å²) >= 11 is 0. The fourth-order valence-corrected chi connectivity index (χ4v) is 2.49. The maximum atomic E-state index is 11.9. The van der Waals surface area contributed by atoms with E-state index in [1.807, 2.05) is 14.0 Å². The van der Waals surface area contributed by atoms with Gasteiger partial charge in [-0.25, -0.2) is 0 Å². The molecule has 1 fully saturated rings. The quantitative estimate of drug-likeness (QED) is 0.677. The van der Waals surface area contributed by atoms with E-state index in [0.29, 0.717) is 5.92 Å². The Kier molecular flexibility index (Phi) is 6.65. The number of nitrogens with one attached hydrogen (secondary N) is 1. The van der Waals surface area contributed by atoms with Crippen molar-refractivity contribution in [1.82, 2.24) is 10.2 Å². The first kappa shape index (κ1) is 15.4. The van der Waals surface area contributed by atoms with Crippen LogP contribution in [0.15, 0.2) is 0 Å². The van der Waals surface area contributed by atoms with Crippen LogP contribution in [0.3, 0.4) is 0 Å². The van der Waals surface area contributed by atoms with Gasteiger partial charge in [0.25, 0.3) is 0 Å². The monoisotopic (exact) mass is 256 g/mol. The van der Waals surface area contributed by atoms with Gasteiger partial charge in [-0.2, -0.15) is 0 Å². The predicted octanol–water partition coefficient (Wildman–Crippen LogP) is 1.38. The smallest absolute Gasteiger partial charge is 0.237 e. The Balaban J connectivity index is 2.30. The number of carbonyl (C=O) groups excluding carboxylic acids is 1. The van der Waals surface area contributed by atoms with Crippen LogP contribution in [0.1, 0.15) is 46.0 Å². The zero-order valence-electron chi connectivity index (χ0n) is 12.0. The lowest BCUT2D eigenvalue weighted by Gasteiger charge is -2.27. The van der Waals surface area contributed by atoms with Crippen LogP contribution >= 0.6 is 0 Å². The topological polar surface area (TPSA) is 52.6 Å². The number of hydrogen-bond acceptors (Lipinski definition) is 3. The summed E-state index contributed by atoms with van der Waals surface area (Å²) in [6, 6.07) is -0.116. The highest BCUT2D eigenvalue weighted by molar-refractivity contribution is 5.81. The van der Waals surface area contributed by atoms with E-state index in [1.54, 1.807) is 0 Å². The standard InChI is InChI=1S/C14H28N2O2/c1-4-5-9-15-14(18)11(2)16(3)10-12-7-6-8-13(12)17/h11-13,17H,4-10H2,1-3H3,(H,15,18). The average Bonchev–Trinajstić information content (AvgIpc) is 2.74. The van der Waals surface area contributed by atoms with E-state index in [9.17, 15) is 9.90 Å². The number of likely N-dealkylation sites (N-methyl/N-ethyl adjacent to an activating group) is 1. The summed E-state index contributed by atoms with van der Waals surface area (Å²) in [7, 11) is 1.97. The number of hydrogen-bond donors (Lipinski definition) is 2. The number of amides is 1. The summed E-state index contributed by atoms with van der Waals surface area (Å²) in [5, 5.41) is 12.8. The summed E-state index contributed by atoms with van der Waals surface area (Å²) in [6.45, 7) is 5.62. The molecule has 1 saturated carbocycles. The number of aliphatic hydroxyl groups is 1. The predicted molar refractivity (Wildman–Crippen MR) is 73.4 cm³/mol. The van der Waals surface area contributed by atoms with Crippen molar-refractivity contribution < 1.29 is 9.90 Å². The highest BCUT2D eigenvalue weighted by Gasteiger charge is 2.28. The summed E-state index contributed by atoms with van der Waals surface area (Å²) in [5.41, 5.74) is 0. The second-order valence-electron chi connectivity index (χ2n) is 5.52. The van der Waals surface area contributed by atoms with Gasteiger partial charge in [-0.3, -0.25) is 9.69 Å². The molecule has 1 amide bonds. The van der Waals surface area contributed by atoms with Crippen LogP contribution in [-0.4, -0.2) is 48.2 Å². The van der Waals surface area contributed by atoms with Gasteiger partial charge in [0.1, 0.15) is 0 Å². The van der Waals surface area contributed by atoms with E-state index >= 15 is 0 Å². The molecule has 1 aliphatic carbocycles. The number of carbonyl (C=O) groups is 1. The molecule has 18 heavy (non-hydrogen) atoms. The summed E-state index contributed by atoms with van der Waals surface area (Å²) in [6.07, 6.45) is 5.05. The third-order valence-electron chi connectivity index (χ3n) is 4.01. The Bertz CT molecular complexity index is 258. The van der Waals surface area contributed by atoms with Crippen LogP contribution in [0.5, 0.6) is 0 Å². The van der Waals surface area contributed by atoms with E-state index < -0.39 is 0 Å². The van der Waals surface area contributed by atoms with Crippen molar-refractivity contribution >= 4 is 5.91 Å². The number of unbranched alkanes of at least 4 members (excludes halogenated alkanes) is 1. The van der Waals surface area contributed by atoms with Crippen molar-refractivity contribution in [3.8, 4) is 0 Å². The molecule has 2 N–H and O–H groups in total. The van der Waals surface area contributed by atoms with Crippen molar-refractivity contribution in [2.45, 2.75) is 58.1 Å². The average molecular weight is 256 g/mol. The molecule has 1 aliphatic rings. The van der Waals surface area contributed by atoms with Crippen molar-refractivity contribution in [1.29, 1.82) is 0 Å². The van der Waals surface area contributed by atoms with Crippen LogP contribution in [-0.2, 0) is 4.79 Å². The van der Waals surface area contributed by atoms with E-state index in [2.05, 4.69) is 17.1 Å². The van der Waals surface area contributed by atoms with Crippen LogP contribution in [0.25, 0.3) is 0 Å². The number of rotatable bonds is 7. The lowest BCUT2D eigenvalue weighted by molar-refractivity contribution is -0.125. The third-order valence-corrected chi connectivity index (χ3v) is 4.01. The molecule has 4 heteroatoms. The van der Waals surface area contributed by atoms with E-state index in [-0.39, 0.29) is 18.1 Å². The van der Waals surface area contributed by atoms with Gasteiger partial charge in [-0.15, -0.1) is 0 Å². The first-order valence-corrected chi connectivity index (χ1v) is 7.22. The first-order chi connectivity index (χ1) is 8.56. The fraction of sp³-hybridized carbons (Fsp3) is 0.929. The van der Waals surface area contributed by atoms with Crippen molar-refractivity contribution in [2.24, 2.45) is 5.92 Å². The van der Waals surface area contributed by atoms with Crippen LogP contribution in [0.2, 0.25) is 0 Å². The van der Waals surface area contributed by atoms with Gasteiger partial charge >= 0.3 is 0 Å².